The van der Waals surface area contributed by atoms with Crippen LogP contribution >= 0.6 is 0 Å². The number of hydrogen-bond acceptors (Lipinski definition) is 13. The predicted octanol–water partition coefficient (Wildman–Crippen LogP) is 0.319. The summed E-state index contributed by atoms with van der Waals surface area (Å²) in [5.74, 6) is -3.82. The smallest absolute Gasteiger partial charge is 0.335 e. The van der Waals surface area contributed by atoms with Gasteiger partial charge in [0.25, 0.3) is 23.6 Å². The van der Waals surface area contributed by atoms with Crippen molar-refractivity contribution in [2.45, 2.75) is 64.4 Å². The molecule has 0 unspecified atom stereocenters. The fourth-order valence-corrected chi connectivity index (χ4v) is 3.45. The van der Waals surface area contributed by atoms with Crippen molar-refractivity contribution >= 4 is 35.6 Å². The van der Waals surface area contributed by atoms with Crippen LogP contribution in [-0.4, -0.2) is 105 Å². The van der Waals surface area contributed by atoms with Crippen LogP contribution in [0.4, 0.5) is 0 Å². The maximum absolute atomic E-state index is 11.9. The minimum Gasteiger partial charge on any atom is -0.378 e. The van der Waals surface area contributed by atoms with Gasteiger partial charge in [-0.25, -0.2) is 9.59 Å². The lowest BCUT2D eigenvalue weighted by Gasteiger charge is -2.19. The summed E-state index contributed by atoms with van der Waals surface area (Å²) < 4.78 is 22.2. The number of rotatable bonds is 22. The quantitative estimate of drug-likeness (QED) is 0.0796. The first-order valence-electron chi connectivity index (χ1n) is 13.7. The molecule has 4 amide bonds. The van der Waals surface area contributed by atoms with Crippen LogP contribution < -0.4 is 5.32 Å². The van der Waals surface area contributed by atoms with Crippen LogP contribution in [0, 0.1) is 0 Å². The number of nitrogens with zero attached hydrogens (tertiary/aromatic N) is 2. The molecular weight excluding hydrogens is 546 g/mol. The second-order valence-corrected chi connectivity index (χ2v) is 8.98. The van der Waals surface area contributed by atoms with Crippen LogP contribution in [0.3, 0.4) is 0 Å². The number of ether oxygens (including phenoxy) is 4. The lowest BCUT2D eigenvalue weighted by molar-refractivity contribution is -0.198. The molecule has 2 saturated heterocycles. The van der Waals surface area contributed by atoms with Gasteiger partial charge in [0.2, 0.25) is 0 Å². The van der Waals surface area contributed by atoms with Gasteiger partial charge in [-0.1, -0.05) is 19.1 Å². The minimum absolute atomic E-state index is 0.00665. The van der Waals surface area contributed by atoms with E-state index in [1.807, 2.05) is 19.1 Å². The second-order valence-electron chi connectivity index (χ2n) is 8.98. The fourth-order valence-electron chi connectivity index (χ4n) is 3.45. The van der Waals surface area contributed by atoms with E-state index in [-0.39, 0.29) is 65.0 Å². The Labute approximate surface area is 238 Å². The molecule has 2 aliphatic heterocycles. The van der Waals surface area contributed by atoms with Crippen LogP contribution in [0.1, 0.15) is 58.3 Å². The van der Waals surface area contributed by atoms with Gasteiger partial charge in [-0.15, -0.1) is 10.1 Å². The molecule has 0 aromatic carbocycles. The van der Waals surface area contributed by atoms with Crippen molar-refractivity contribution in [3.05, 3.63) is 12.2 Å². The van der Waals surface area contributed by atoms with Crippen molar-refractivity contribution in [3.8, 4) is 0 Å². The van der Waals surface area contributed by atoms with Crippen LogP contribution in [0.15, 0.2) is 12.2 Å². The lowest BCUT2D eigenvalue weighted by atomic mass is 10.3. The lowest BCUT2D eigenvalue weighted by Crippen LogP contribution is -2.33. The van der Waals surface area contributed by atoms with E-state index in [1.54, 1.807) is 0 Å². The molecule has 0 bridgehead atoms. The van der Waals surface area contributed by atoms with E-state index in [0.29, 0.717) is 43.0 Å². The molecule has 0 aliphatic carbocycles. The number of carbonyl (C=O) groups excluding carboxylic acids is 6. The molecule has 0 aromatic rings. The first-order chi connectivity index (χ1) is 19.8. The maximum atomic E-state index is 11.9. The molecule has 41 heavy (non-hydrogen) atoms. The Morgan fingerprint density at radius 3 is 1.78 bits per heavy atom. The molecule has 0 saturated carbocycles. The Hall–Kier alpha value is -3.24. The Morgan fingerprint density at radius 2 is 1.29 bits per heavy atom. The highest BCUT2D eigenvalue weighted by Crippen LogP contribution is 2.13. The highest BCUT2D eigenvalue weighted by Gasteiger charge is 2.33. The van der Waals surface area contributed by atoms with Gasteiger partial charge in [-0.05, 0) is 19.4 Å². The average molecular weight is 586 g/mol. The van der Waals surface area contributed by atoms with E-state index in [0.717, 1.165) is 6.42 Å². The highest BCUT2D eigenvalue weighted by atomic mass is 16.7. The van der Waals surface area contributed by atoms with Gasteiger partial charge in [0.15, 0.2) is 0 Å². The third-order valence-electron chi connectivity index (χ3n) is 5.58. The number of hydrogen-bond donors (Lipinski definition) is 1. The van der Waals surface area contributed by atoms with Gasteiger partial charge < -0.3 is 28.6 Å². The van der Waals surface area contributed by atoms with Crippen molar-refractivity contribution in [1.29, 1.82) is 0 Å². The number of allylic oxidation sites excluding steroid dienone is 1. The van der Waals surface area contributed by atoms with Crippen molar-refractivity contribution in [2.75, 3.05) is 52.9 Å². The maximum Gasteiger partial charge on any atom is 0.335 e. The van der Waals surface area contributed by atoms with E-state index in [2.05, 4.69) is 5.32 Å². The van der Waals surface area contributed by atoms with E-state index in [4.69, 9.17) is 28.6 Å². The first kappa shape index (κ1) is 34.0. The van der Waals surface area contributed by atoms with E-state index in [9.17, 15) is 28.8 Å². The zero-order valence-corrected chi connectivity index (χ0v) is 23.3. The number of amides is 4. The number of hydroxylamine groups is 4. The van der Waals surface area contributed by atoms with E-state index in [1.165, 1.54) is 0 Å². The summed E-state index contributed by atoms with van der Waals surface area (Å²) in [6, 6.07) is 0. The Balaban J connectivity index is 1.66. The summed E-state index contributed by atoms with van der Waals surface area (Å²) in [4.78, 5) is 79.6. The van der Waals surface area contributed by atoms with E-state index < -0.39 is 41.7 Å². The Bertz CT molecular complexity index is 835. The SMILES string of the molecule is CCC=CCOCNCCCOC(COCCC(=O)ON1C(=O)CCC1=O)COCCC(=O)ON1C(=O)CCC1=O. The van der Waals surface area contributed by atoms with Gasteiger partial charge in [-0.3, -0.25) is 24.5 Å². The van der Waals surface area contributed by atoms with Gasteiger partial charge >= 0.3 is 11.9 Å². The monoisotopic (exact) mass is 585 g/mol. The van der Waals surface area contributed by atoms with Gasteiger partial charge in [0.1, 0.15) is 6.10 Å². The summed E-state index contributed by atoms with van der Waals surface area (Å²) in [6.45, 7) is 3.99. The van der Waals surface area contributed by atoms with Crippen LogP contribution in [0.25, 0.3) is 0 Å². The summed E-state index contributed by atoms with van der Waals surface area (Å²) in [7, 11) is 0. The first-order valence-corrected chi connectivity index (χ1v) is 13.7. The molecule has 1 N–H and O–H groups in total. The van der Waals surface area contributed by atoms with Crippen LogP contribution in [-0.2, 0) is 57.4 Å². The molecule has 0 aromatic heterocycles. The fraction of sp³-hybridized carbons (Fsp3) is 0.692. The zero-order valence-electron chi connectivity index (χ0n) is 23.3. The summed E-state index contributed by atoms with van der Waals surface area (Å²) in [6.07, 6.45) is 4.70. The van der Waals surface area contributed by atoms with Crippen LogP contribution in [0.2, 0.25) is 0 Å². The number of carbonyl (C=O) groups is 6. The van der Waals surface area contributed by atoms with Crippen molar-refractivity contribution in [1.82, 2.24) is 15.4 Å². The van der Waals surface area contributed by atoms with Crippen LogP contribution in [0.5, 0.6) is 0 Å². The Kier molecular flexibility index (Phi) is 16.4. The molecule has 2 fully saturated rings. The predicted molar refractivity (Wildman–Crippen MR) is 138 cm³/mol. The van der Waals surface area contributed by atoms with Gasteiger partial charge in [0.05, 0.1) is 52.6 Å². The molecule has 2 heterocycles. The summed E-state index contributed by atoms with van der Waals surface area (Å²) >= 11 is 0. The molecule has 15 heteroatoms. The number of nitrogens with one attached hydrogen (secondary N) is 1. The molecule has 2 rings (SSSR count). The highest BCUT2D eigenvalue weighted by molar-refractivity contribution is 6.02. The van der Waals surface area contributed by atoms with Gasteiger partial charge in [0, 0.05) is 32.3 Å². The Morgan fingerprint density at radius 1 is 0.780 bits per heavy atom. The summed E-state index contributed by atoms with van der Waals surface area (Å²) in [5.41, 5.74) is 0. The summed E-state index contributed by atoms with van der Waals surface area (Å²) in [5, 5.41) is 4.08. The van der Waals surface area contributed by atoms with Crippen molar-refractivity contribution < 1.29 is 57.4 Å². The molecular formula is C26H39N3O12. The molecule has 2 aliphatic rings. The molecule has 0 spiro atoms. The van der Waals surface area contributed by atoms with Crippen molar-refractivity contribution in [2.24, 2.45) is 0 Å². The normalized spacial score (nSPS) is 15.7. The third kappa shape index (κ3) is 13.8. The molecule has 230 valence electrons. The third-order valence-corrected chi connectivity index (χ3v) is 5.58. The largest absolute Gasteiger partial charge is 0.378 e. The topological polar surface area (TPSA) is 176 Å². The second kappa shape index (κ2) is 19.8. The standard InChI is InChI=1S/C26H39N3O12/c1-2-3-4-13-38-19-27-12-5-14-39-20(17-36-15-10-25(34)40-28-21(30)6-7-22(28)31)18-37-16-11-26(35)41-29-23(32)8-9-24(29)33/h3-4,20,27H,2,5-19H2,1H3. The average Bonchev–Trinajstić information content (AvgIpc) is 3.44. The van der Waals surface area contributed by atoms with Crippen molar-refractivity contribution in [3.63, 3.8) is 0 Å². The zero-order chi connectivity index (χ0) is 29.9. The van der Waals surface area contributed by atoms with E-state index >= 15 is 0 Å². The minimum atomic E-state index is -0.783. The molecule has 15 nitrogen and oxygen atoms in total. The van der Waals surface area contributed by atoms with Gasteiger partial charge in [-0.2, -0.15) is 0 Å². The molecule has 0 radical (unpaired) electrons. The number of imide groups is 2. The molecule has 0 atom stereocenters.